The van der Waals surface area contributed by atoms with Crippen LogP contribution < -0.4 is 0 Å². The highest BCUT2D eigenvalue weighted by molar-refractivity contribution is 6.11. The third-order valence-corrected chi connectivity index (χ3v) is 2.39. The van der Waals surface area contributed by atoms with Gasteiger partial charge < -0.3 is 0 Å². The fourth-order valence-electron chi connectivity index (χ4n) is 1.47. The van der Waals surface area contributed by atoms with E-state index in [4.69, 9.17) is 5.41 Å². The molecule has 0 unspecified atom stereocenters. The quantitative estimate of drug-likeness (QED) is 0.351. The lowest BCUT2D eigenvalue weighted by atomic mass is 10.0. The Labute approximate surface area is 108 Å². The SMILES string of the molecule is CCCCN=C1C([N+](=O)[O-])=CC(=C=N)C=C1[N+](=O)[O-]. The van der Waals surface area contributed by atoms with Crippen LogP contribution in [0.15, 0.2) is 34.1 Å². The summed E-state index contributed by atoms with van der Waals surface area (Å²) in [5.74, 6) is 1.91. The van der Waals surface area contributed by atoms with E-state index < -0.39 is 21.2 Å². The lowest BCUT2D eigenvalue weighted by Gasteiger charge is -2.06. The first-order chi connectivity index (χ1) is 9.01. The second kappa shape index (κ2) is 6.36. The molecular formula is C11H12N4O4. The number of nitrogens with one attached hydrogen (secondary N) is 1. The lowest BCUT2D eigenvalue weighted by Crippen LogP contribution is -2.22. The molecule has 0 fully saturated rings. The molecule has 0 saturated heterocycles. The van der Waals surface area contributed by atoms with Crippen molar-refractivity contribution >= 4 is 11.6 Å². The van der Waals surface area contributed by atoms with E-state index in [1.165, 1.54) is 0 Å². The van der Waals surface area contributed by atoms with Gasteiger partial charge in [0.2, 0.25) is 5.71 Å². The first-order valence-corrected chi connectivity index (χ1v) is 5.58. The van der Waals surface area contributed by atoms with Gasteiger partial charge in [-0.3, -0.25) is 30.6 Å². The Morgan fingerprint density at radius 1 is 1.26 bits per heavy atom. The summed E-state index contributed by atoms with van der Waals surface area (Å²) in [4.78, 5) is 24.3. The fourth-order valence-corrected chi connectivity index (χ4v) is 1.47. The Kier molecular flexibility index (Phi) is 4.84. The van der Waals surface area contributed by atoms with E-state index in [0.717, 1.165) is 18.6 Å². The minimum absolute atomic E-state index is 0.0205. The van der Waals surface area contributed by atoms with E-state index in [0.29, 0.717) is 6.42 Å². The third kappa shape index (κ3) is 3.43. The average Bonchev–Trinajstić information content (AvgIpc) is 2.38. The van der Waals surface area contributed by atoms with Gasteiger partial charge in [0.1, 0.15) is 0 Å². The monoisotopic (exact) mass is 264 g/mol. The topological polar surface area (TPSA) is 122 Å². The normalized spacial score (nSPS) is 14.4. The second-order valence-electron chi connectivity index (χ2n) is 3.74. The molecule has 0 aromatic heterocycles. The van der Waals surface area contributed by atoms with Crippen molar-refractivity contribution in [1.29, 1.82) is 5.41 Å². The van der Waals surface area contributed by atoms with Crippen LogP contribution in [0, 0.1) is 25.6 Å². The van der Waals surface area contributed by atoms with Crippen molar-refractivity contribution < 1.29 is 9.85 Å². The number of hydrogen-bond donors (Lipinski definition) is 1. The molecule has 0 amide bonds. The molecule has 1 rings (SSSR count). The third-order valence-electron chi connectivity index (χ3n) is 2.39. The summed E-state index contributed by atoms with van der Waals surface area (Å²) in [6.45, 7) is 2.21. The molecular weight excluding hydrogens is 252 g/mol. The number of nitro groups is 2. The van der Waals surface area contributed by atoms with Crippen molar-refractivity contribution in [3.63, 3.8) is 0 Å². The predicted octanol–water partition coefficient (Wildman–Crippen LogP) is 1.74. The maximum absolute atomic E-state index is 10.9. The maximum Gasteiger partial charge on any atom is 0.302 e. The minimum atomic E-state index is -0.737. The standard InChI is InChI=1S/C11H12N4O4/c1-2-3-4-13-11-9(14(16)17)5-8(7-12)6-10(11)15(18)19/h5-6,12H,2-4H2,1H3. The van der Waals surface area contributed by atoms with Gasteiger partial charge in [0.25, 0.3) is 0 Å². The van der Waals surface area contributed by atoms with Crippen molar-refractivity contribution in [3.8, 4) is 0 Å². The summed E-state index contributed by atoms with van der Waals surface area (Å²) in [7, 11) is 0. The zero-order valence-corrected chi connectivity index (χ0v) is 10.3. The van der Waals surface area contributed by atoms with Gasteiger partial charge >= 0.3 is 11.4 Å². The Morgan fingerprint density at radius 3 is 2.16 bits per heavy atom. The van der Waals surface area contributed by atoms with Crippen molar-refractivity contribution in [2.45, 2.75) is 19.8 Å². The molecule has 8 heteroatoms. The molecule has 1 aliphatic rings. The van der Waals surface area contributed by atoms with E-state index >= 15 is 0 Å². The smallest absolute Gasteiger partial charge is 0.272 e. The molecule has 0 spiro atoms. The Balaban J connectivity index is 3.30. The number of allylic oxidation sites excluding steroid dienone is 3. The van der Waals surface area contributed by atoms with Gasteiger partial charge in [0.15, 0.2) is 0 Å². The summed E-state index contributed by atoms with van der Waals surface area (Å²) < 4.78 is 0. The number of nitrogens with zero attached hydrogens (tertiary/aromatic N) is 3. The van der Waals surface area contributed by atoms with Crippen LogP contribution in [0.2, 0.25) is 0 Å². The fraction of sp³-hybridized carbons (Fsp3) is 0.364. The van der Waals surface area contributed by atoms with Gasteiger partial charge in [-0.05, 0) is 12.3 Å². The van der Waals surface area contributed by atoms with E-state index in [-0.39, 0.29) is 17.8 Å². The molecule has 0 radical (unpaired) electrons. The predicted molar refractivity (Wildman–Crippen MR) is 68.6 cm³/mol. The van der Waals surface area contributed by atoms with Gasteiger partial charge in [0, 0.05) is 24.3 Å². The lowest BCUT2D eigenvalue weighted by molar-refractivity contribution is -0.427. The molecule has 1 N–H and O–H groups in total. The average molecular weight is 264 g/mol. The number of rotatable bonds is 5. The second-order valence-corrected chi connectivity index (χ2v) is 3.74. The molecule has 0 aliphatic heterocycles. The first-order valence-electron chi connectivity index (χ1n) is 5.58. The highest BCUT2D eigenvalue weighted by Gasteiger charge is 2.34. The zero-order valence-electron chi connectivity index (χ0n) is 10.3. The molecule has 0 bridgehead atoms. The van der Waals surface area contributed by atoms with Crippen LogP contribution in [0.3, 0.4) is 0 Å². The highest BCUT2D eigenvalue weighted by atomic mass is 16.6. The number of aliphatic imine (C=N–C) groups is 1. The zero-order chi connectivity index (χ0) is 14.4. The van der Waals surface area contributed by atoms with Crippen molar-refractivity contribution in [1.82, 2.24) is 0 Å². The van der Waals surface area contributed by atoms with E-state index in [1.54, 1.807) is 0 Å². The van der Waals surface area contributed by atoms with Crippen LogP contribution in [0.4, 0.5) is 0 Å². The number of unbranched alkanes of at least 4 members (excludes halogenated alkanes) is 1. The summed E-state index contributed by atoms with van der Waals surface area (Å²) in [5, 5.41) is 28.8. The van der Waals surface area contributed by atoms with Crippen LogP contribution in [0.5, 0.6) is 0 Å². The summed E-state index contributed by atoms with van der Waals surface area (Å²) in [6, 6.07) is 0. The molecule has 19 heavy (non-hydrogen) atoms. The van der Waals surface area contributed by atoms with Gasteiger partial charge in [-0.2, -0.15) is 0 Å². The van der Waals surface area contributed by atoms with E-state index in [2.05, 4.69) is 4.99 Å². The van der Waals surface area contributed by atoms with Crippen LogP contribution in [0.25, 0.3) is 0 Å². The molecule has 8 nitrogen and oxygen atoms in total. The van der Waals surface area contributed by atoms with Crippen molar-refractivity contribution in [2.24, 2.45) is 4.99 Å². The minimum Gasteiger partial charge on any atom is -0.272 e. The molecule has 0 aromatic carbocycles. The van der Waals surface area contributed by atoms with Gasteiger partial charge in [-0.1, -0.05) is 13.3 Å². The molecule has 0 heterocycles. The molecule has 1 aliphatic carbocycles. The number of hydrogen-bond acceptors (Lipinski definition) is 6. The van der Waals surface area contributed by atoms with Gasteiger partial charge in [0.05, 0.1) is 9.85 Å². The van der Waals surface area contributed by atoms with Gasteiger partial charge in [-0.25, -0.2) is 0 Å². The molecule has 0 aromatic rings. The maximum atomic E-state index is 10.9. The Morgan fingerprint density at radius 2 is 1.79 bits per heavy atom. The molecule has 0 saturated carbocycles. The van der Waals surface area contributed by atoms with E-state index in [9.17, 15) is 20.2 Å². The summed E-state index contributed by atoms with van der Waals surface area (Å²) in [5.41, 5.74) is -1.21. The van der Waals surface area contributed by atoms with Gasteiger partial charge in [-0.15, -0.1) is 0 Å². The van der Waals surface area contributed by atoms with Crippen LogP contribution in [0.1, 0.15) is 19.8 Å². The van der Waals surface area contributed by atoms with Crippen LogP contribution in [-0.4, -0.2) is 28.0 Å². The summed E-state index contributed by atoms with van der Waals surface area (Å²) in [6.07, 6.45) is 3.64. The first kappa shape index (κ1) is 14.5. The molecule has 100 valence electrons. The molecule has 0 atom stereocenters. The van der Waals surface area contributed by atoms with Crippen molar-refractivity contribution in [2.75, 3.05) is 6.54 Å². The summed E-state index contributed by atoms with van der Waals surface area (Å²) >= 11 is 0. The van der Waals surface area contributed by atoms with Crippen LogP contribution in [-0.2, 0) is 0 Å². The van der Waals surface area contributed by atoms with Crippen LogP contribution >= 0.6 is 0 Å². The Hall–Kier alpha value is -2.60. The highest BCUT2D eigenvalue weighted by Crippen LogP contribution is 2.20. The Bertz CT molecular complexity index is 517. The van der Waals surface area contributed by atoms with E-state index in [1.807, 2.05) is 12.8 Å². The van der Waals surface area contributed by atoms with Crippen molar-refractivity contribution in [3.05, 3.63) is 49.3 Å². The largest absolute Gasteiger partial charge is 0.302 e.